The maximum Gasteiger partial charge on any atom is 0.158 e. The first kappa shape index (κ1) is 16.4. The largest absolute Gasteiger partial charge is 0.382 e. The molecule has 0 aliphatic rings. The highest BCUT2D eigenvalue weighted by molar-refractivity contribution is 9.10. The Hall–Kier alpha value is -2.48. The fourth-order valence-electron chi connectivity index (χ4n) is 2.53. The van der Waals surface area contributed by atoms with Gasteiger partial charge in [0.1, 0.15) is 10.4 Å². The third kappa shape index (κ3) is 3.23. The molecule has 0 aliphatic carbocycles. The number of fused-ring (bicyclic) bond motifs is 2. The molecule has 124 valence electrons. The van der Waals surface area contributed by atoms with E-state index < -0.39 is 0 Å². The van der Waals surface area contributed by atoms with Crippen LogP contribution in [0.5, 0.6) is 0 Å². The van der Waals surface area contributed by atoms with Gasteiger partial charge in [-0.1, -0.05) is 0 Å². The summed E-state index contributed by atoms with van der Waals surface area (Å²) in [6.45, 7) is 7.77. The van der Waals surface area contributed by atoms with Gasteiger partial charge >= 0.3 is 0 Å². The van der Waals surface area contributed by atoms with Crippen molar-refractivity contribution in [3.63, 3.8) is 0 Å². The van der Waals surface area contributed by atoms with Crippen LogP contribution in [0.2, 0.25) is 0 Å². The fraction of sp³-hybridized carbons (Fsp3) is 0.250. The van der Waals surface area contributed by atoms with E-state index in [0.717, 1.165) is 38.7 Å². The SMILES string of the molecule is Cc1cn2cc(Br)nc(C)c2n1.Cc1cn2cc(N)nc(C)c2n1. The summed E-state index contributed by atoms with van der Waals surface area (Å²) in [4.78, 5) is 17.0. The van der Waals surface area contributed by atoms with E-state index in [2.05, 4.69) is 35.9 Å². The van der Waals surface area contributed by atoms with E-state index in [1.165, 1.54) is 0 Å². The fourth-order valence-corrected chi connectivity index (χ4v) is 3.02. The number of hydrogen-bond acceptors (Lipinski definition) is 5. The zero-order valence-electron chi connectivity index (χ0n) is 13.9. The lowest BCUT2D eigenvalue weighted by molar-refractivity contribution is 1.05. The van der Waals surface area contributed by atoms with Crippen LogP contribution >= 0.6 is 15.9 Å². The van der Waals surface area contributed by atoms with E-state index in [0.29, 0.717) is 5.82 Å². The Morgan fingerprint density at radius 2 is 1.25 bits per heavy atom. The van der Waals surface area contributed by atoms with Crippen molar-refractivity contribution in [3.05, 3.63) is 52.2 Å². The van der Waals surface area contributed by atoms with Crippen LogP contribution in [0, 0.1) is 27.7 Å². The summed E-state index contributed by atoms with van der Waals surface area (Å²) in [6, 6.07) is 0. The Bertz CT molecular complexity index is 948. The van der Waals surface area contributed by atoms with E-state index in [1.807, 2.05) is 55.1 Å². The second kappa shape index (κ2) is 6.20. The number of aromatic nitrogens is 6. The summed E-state index contributed by atoms with van der Waals surface area (Å²) < 4.78 is 4.71. The second-order valence-electron chi connectivity index (χ2n) is 5.63. The van der Waals surface area contributed by atoms with Gasteiger partial charge in [-0.25, -0.2) is 19.9 Å². The van der Waals surface area contributed by atoms with Gasteiger partial charge in [-0.2, -0.15) is 0 Å². The number of rotatable bonds is 0. The minimum atomic E-state index is 0.525. The molecule has 2 N–H and O–H groups in total. The van der Waals surface area contributed by atoms with Crippen LogP contribution < -0.4 is 5.73 Å². The molecule has 0 saturated heterocycles. The molecule has 7 nitrogen and oxygen atoms in total. The average molecular weight is 388 g/mol. The summed E-state index contributed by atoms with van der Waals surface area (Å²) in [7, 11) is 0. The number of imidazole rings is 2. The van der Waals surface area contributed by atoms with Crippen molar-refractivity contribution in [2.24, 2.45) is 0 Å². The molecule has 0 bridgehead atoms. The summed E-state index contributed by atoms with van der Waals surface area (Å²) in [5, 5.41) is 0. The lowest BCUT2D eigenvalue weighted by Gasteiger charge is -1.97. The standard InChI is InChI=1S/C8H8BrN3.C8H10N4/c2*1-5-3-12-4-7(9)11-6(2)8(12)10-5/h3-4H,1-2H3;3-4H,9H2,1-2H3. The van der Waals surface area contributed by atoms with Gasteiger partial charge in [0.2, 0.25) is 0 Å². The first-order chi connectivity index (χ1) is 11.3. The average Bonchev–Trinajstić information content (AvgIpc) is 3.01. The van der Waals surface area contributed by atoms with Crippen molar-refractivity contribution < 1.29 is 0 Å². The van der Waals surface area contributed by atoms with E-state index >= 15 is 0 Å². The van der Waals surface area contributed by atoms with Crippen LogP contribution in [0.1, 0.15) is 22.8 Å². The predicted molar refractivity (Wildman–Crippen MR) is 97.0 cm³/mol. The molecule has 4 heterocycles. The molecule has 0 spiro atoms. The van der Waals surface area contributed by atoms with Crippen LogP contribution in [0.4, 0.5) is 5.82 Å². The third-order valence-electron chi connectivity index (χ3n) is 3.44. The van der Waals surface area contributed by atoms with Crippen molar-refractivity contribution in [2.75, 3.05) is 5.73 Å². The Morgan fingerprint density at radius 3 is 1.83 bits per heavy atom. The Labute approximate surface area is 147 Å². The number of hydrogen-bond donors (Lipinski definition) is 1. The Kier molecular flexibility index (Phi) is 4.23. The number of nitrogen functional groups attached to an aromatic ring is 1. The maximum atomic E-state index is 5.57. The zero-order valence-corrected chi connectivity index (χ0v) is 15.5. The number of halogens is 1. The molecule has 0 aliphatic heterocycles. The van der Waals surface area contributed by atoms with E-state index in [1.54, 1.807) is 6.20 Å². The lowest BCUT2D eigenvalue weighted by atomic mass is 10.5. The highest BCUT2D eigenvalue weighted by Crippen LogP contribution is 2.12. The number of nitrogens with zero attached hydrogens (tertiary/aromatic N) is 6. The molecule has 0 aromatic carbocycles. The van der Waals surface area contributed by atoms with Crippen molar-refractivity contribution >= 4 is 33.0 Å². The van der Waals surface area contributed by atoms with Crippen LogP contribution in [0.15, 0.2) is 29.4 Å². The van der Waals surface area contributed by atoms with Gasteiger partial charge in [0.15, 0.2) is 11.3 Å². The Morgan fingerprint density at radius 1 is 0.750 bits per heavy atom. The second-order valence-corrected chi connectivity index (χ2v) is 6.44. The van der Waals surface area contributed by atoms with Crippen molar-refractivity contribution in [1.82, 2.24) is 28.7 Å². The zero-order chi connectivity index (χ0) is 17.4. The summed E-state index contributed by atoms with van der Waals surface area (Å²) in [5.41, 5.74) is 11.2. The minimum absolute atomic E-state index is 0.525. The smallest absolute Gasteiger partial charge is 0.158 e. The third-order valence-corrected chi connectivity index (χ3v) is 3.82. The number of nitrogens with two attached hydrogens (primary N) is 1. The van der Waals surface area contributed by atoms with Gasteiger partial charge in [-0.3, -0.25) is 0 Å². The van der Waals surface area contributed by atoms with Crippen molar-refractivity contribution in [2.45, 2.75) is 27.7 Å². The highest BCUT2D eigenvalue weighted by atomic mass is 79.9. The van der Waals surface area contributed by atoms with Crippen LogP contribution in [-0.4, -0.2) is 28.7 Å². The highest BCUT2D eigenvalue weighted by Gasteiger charge is 2.03. The molecule has 8 heteroatoms. The van der Waals surface area contributed by atoms with Gasteiger partial charge in [-0.15, -0.1) is 0 Å². The van der Waals surface area contributed by atoms with E-state index in [4.69, 9.17) is 5.73 Å². The molecule has 24 heavy (non-hydrogen) atoms. The number of anilines is 1. The molecule has 4 aromatic rings. The van der Waals surface area contributed by atoms with Crippen molar-refractivity contribution in [3.8, 4) is 0 Å². The molecule has 0 atom stereocenters. The van der Waals surface area contributed by atoms with E-state index in [9.17, 15) is 0 Å². The van der Waals surface area contributed by atoms with Gasteiger partial charge in [0.05, 0.1) is 29.0 Å². The first-order valence-electron chi connectivity index (χ1n) is 7.40. The molecule has 4 rings (SSSR count). The van der Waals surface area contributed by atoms with Gasteiger partial charge in [0.25, 0.3) is 0 Å². The molecule has 0 unspecified atom stereocenters. The molecule has 0 saturated carbocycles. The van der Waals surface area contributed by atoms with Crippen LogP contribution in [0.3, 0.4) is 0 Å². The topological polar surface area (TPSA) is 86.4 Å². The van der Waals surface area contributed by atoms with Gasteiger partial charge in [-0.05, 0) is 43.6 Å². The summed E-state index contributed by atoms with van der Waals surface area (Å²) >= 11 is 3.33. The van der Waals surface area contributed by atoms with Crippen LogP contribution in [-0.2, 0) is 0 Å². The Balaban J connectivity index is 0.000000141. The predicted octanol–water partition coefficient (Wildman–Crippen LogP) is 3.04. The number of aryl methyl sites for hydroxylation is 4. The minimum Gasteiger partial charge on any atom is -0.382 e. The quantitative estimate of drug-likeness (QED) is 0.500. The molecular formula is C16H18BrN7. The molecular weight excluding hydrogens is 370 g/mol. The summed E-state index contributed by atoms with van der Waals surface area (Å²) in [5.74, 6) is 0.525. The molecule has 0 amide bonds. The monoisotopic (exact) mass is 387 g/mol. The molecule has 4 aromatic heterocycles. The van der Waals surface area contributed by atoms with Crippen molar-refractivity contribution in [1.29, 1.82) is 0 Å². The molecule has 0 fully saturated rings. The maximum absolute atomic E-state index is 5.57. The normalized spacial score (nSPS) is 10.9. The molecule has 0 radical (unpaired) electrons. The van der Waals surface area contributed by atoms with Gasteiger partial charge in [0, 0.05) is 18.6 Å². The lowest BCUT2D eigenvalue weighted by Crippen LogP contribution is -1.97. The van der Waals surface area contributed by atoms with Gasteiger partial charge < -0.3 is 14.5 Å². The summed E-state index contributed by atoms with van der Waals surface area (Å²) in [6.07, 6.45) is 7.58. The first-order valence-corrected chi connectivity index (χ1v) is 8.19. The van der Waals surface area contributed by atoms with Crippen LogP contribution in [0.25, 0.3) is 11.3 Å². The van der Waals surface area contributed by atoms with E-state index in [-0.39, 0.29) is 0 Å².